The lowest BCUT2D eigenvalue weighted by Crippen LogP contribution is -2.29. The summed E-state index contributed by atoms with van der Waals surface area (Å²) < 4.78 is 5.53. The monoisotopic (exact) mass is 324 g/mol. The number of halogens is 2. The predicted molar refractivity (Wildman–Crippen MR) is 83.4 cm³/mol. The summed E-state index contributed by atoms with van der Waals surface area (Å²) in [6, 6.07) is 12.3. The molecule has 0 bridgehead atoms. The van der Waals surface area contributed by atoms with Crippen LogP contribution in [0.25, 0.3) is 0 Å². The van der Waals surface area contributed by atoms with Gasteiger partial charge in [-0.2, -0.15) is 0 Å². The van der Waals surface area contributed by atoms with Crippen molar-refractivity contribution in [2.24, 2.45) is 0 Å². The van der Waals surface area contributed by atoms with Gasteiger partial charge in [0.05, 0.1) is 10.0 Å². The number of hydrogen-bond donors (Lipinski definition) is 1. The summed E-state index contributed by atoms with van der Waals surface area (Å²) >= 11 is 11.8. The molecule has 0 amide bonds. The van der Waals surface area contributed by atoms with Gasteiger partial charge in [0.15, 0.2) is 6.10 Å². The van der Waals surface area contributed by atoms with Crippen LogP contribution in [0, 0.1) is 6.92 Å². The highest BCUT2D eigenvalue weighted by Gasteiger charge is 2.20. The molecule has 0 aliphatic rings. The van der Waals surface area contributed by atoms with Crippen molar-refractivity contribution in [1.29, 1.82) is 0 Å². The Hall–Kier alpha value is -1.71. The van der Waals surface area contributed by atoms with Crippen molar-refractivity contribution in [2.45, 2.75) is 19.4 Å². The fourth-order valence-electron chi connectivity index (χ4n) is 1.84. The van der Waals surface area contributed by atoms with E-state index in [9.17, 15) is 9.90 Å². The van der Waals surface area contributed by atoms with Gasteiger partial charge >= 0.3 is 5.97 Å². The van der Waals surface area contributed by atoms with Gasteiger partial charge in [0.1, 0.15) is 5.75 Å². The molecule has 2 rings (SSSR count). The first-order valence-electron chi connectivity index (χ1n) is 6.36. The average molecular weight is 325 g/mol. The van der Waals surface area contributed by atoms with Gasteiger partial charge in [-0.05, 0) is 36.8 Å². The average Bonchev–Trinajstić information content (AvgIpc) is 2.44. The highest BCUT2D eigenvalue weighted by molar-refractivity contribution is 6.42. The number of aliphatic carboxylic acids is 1. The SMILES string of the molecule is Cc1ccc(O[C@H](Cc2ccc(Cl)c(Cl)c2)C(=O)O)cc1. The number of rotatable bonds is 5. The molecule has 3 nitrogen and oxygen atoms in total. The van der Waals surface area contributed by atoms with E-state index in [0.29, 0.717) is 15.8 Å². The molecule has 0 saturated heterocycles. The summed E-state index contributed by atoms with van der Waals surface area (Å²) in [5, 5.41) is 10.1. The summed E-state index contributed by atoms with van der Waals surface area (Å²) in [4.78, 5) is 11.3. The van der Waals surface area contributed by atoms with Crippen molar-refractivity contribution in [1.82, 2.24) is 0 Å². The van der Waals surface area contributed by atoms with Crippen LogP contribution in [0.4, 0.5) is 0 Å². The third-order valence-corrected chi connectivity index (χ3v) is 3.72. The Kier molecular flexibility index (Phi) is 5.10. The van der Waals surface area contributed by atoms with Crippen LogP contribution >= 0.6 is 23.2 Å². The molecule has 0 aromatic heterocycles. The van der Waals surface area contributed by atoms with Gasteiger partial charge in [0, 0.05) is 6.42 Å². The van der Waals surface area contributed by atoms with E-state index >= 15 is 0 Å². The van der Waals surface area contributed by atoms with Crippen LogP contribution < -0.4 is 4.74 Å². The van der Waals surface area contributed by atoms with Crippen LogP contribution in [-0.2, 0) is 11.2 Å². The topological polar surface area (TPSA) is 46.5 Å². The third-order valence-electron chi connectivity index (χ3n) is 2.98. The van der Waals surface area contributed by atoms with Gasteiger partial charge in [-0.15, -0.1) is 0 Å². The molecule has 0 heterocycles. The smallest absolute Gasteiger partial charge is 0.345 e. The number of benzene rings is 2. The molecule has 0 aliphatic carbocycles. The maximum Gasteiger partial charge on any atom is 0.345 e. The molecular formula is C16H14Cl2O3. The maximum atomic E-state index is 11.3. The molecule has 5 heteroatoms. The van der Waals surface area contributed by atoms with E-state index in [2.05, 4.69) is 0 Å². The standard InChI is InChI=1S/C16H14Cl2O3/c1-10-2-5-12(6-3-10)21-15(16(19)20)9-11-4-7-13(17)14(18)8-11/h2-8,15H,9H2,1H3,(H,19,20)/t15-/m1/s1. The Balaban J connectivity index is 2.13. The Morgan fingerprint density at radius 3 is 2.38 bits per heavy atom. The Labute approximate surface area is 133 Å². The quantitative estimate of drug-likeness (QED) is 0.887. The van der Waals surface area contributed by atoms with E-state index in [4.69, 9.17) is 27.9 Å². The zero-order valence-electron chi connectivity index (χ0n) is 11.3. The van der Waals surface area contributed by atoms with E-state index in [1.807, 2.05) is 19.1 Å². The highest BCUT2D eigenvalue weighted by Crippen LogP contribution is 2.24. The van der Waals surface area contributed by atoms with Crippen LogP contribution in [0.15, 0.2) is 42.5 Å². The molecule has 0 radical (unpaired) electrons. The molecule has 21 heavy (non-hydrogen) atoms. The molecule has 0 saturated carbocycles. The van der Waals surface area contributed by atoms with Crippen LogP contribution in [0.2, 0.25) is 10.0 Å². The first-order valence-corrected chi connectivity index (χ1v) is 7.11. The van der Waals surface area contributed by atoms with Crippen molar-refractivity contribution >= 4 is 29.2 Å². The lowest BCUT2D eigenvalue weighted by Gasteiger charge is -2.15. The Morgan fingerprint density at radius 1 is 1.14 bits per heavy atom. The molecule has 0 aliphatic heterocycles. The van der Waals surface area contributed by atoms with E-state index in [1.165, 1.54) is 0 Å². The molecule has 2 aromatic carbocycles. The summed E-state index contributed by atoms with van der Waals surface area (Å²) in [6.07, 6.45) is -0.773. The van der Waals surface area contributed by atoms with Crippen molar-refractivity contribution in [3.05, 3.63) is 63.6 Å². The molecule has 1 atom stereocenters. The van der Waals surface area contributed by atoms with Gasteiger partial charge in [0.25, 0.3) is 0 Å². The number of ether oxygens (including phenoxy) is 1. The van der Waals surface area contributed by atoms with Crippen molar-refractivity contribution in [3.63, 3.8) is 0 Å². The van der Waals surface area contributed by atoms with Crippen molar-refractivity contribution in [3.8, 4) is 5.75 Å². The summed E-state index contributed by atoms with van der Waals surface area (Å²) in [6.45, 7) is 1.95. The second-order valence-corrected chi connectivity index (χ2v) is 5.52. The second-order valence-electron chi connectivity index (χ2n) is 4.71. The third kappa shape index (κ3) is 4.38. The van der Waals surface area contributed by atoms with Gasteiger partial charge < -0.3 is 9.84 Å². The maximum absolute atomic E-state index is 11.3. The fraction of sp³-hybridized carbons (Fsp3) is 0.188. The van der Waals surface area contributed by atoms with Crippen LogP contribution in [0.3, 0.4) is 0 Å². The molecular weight excluding hydrogens is 311 g/mol. The summed E-state index contributed by atoms with van der Waals surface area (Å²) in [5.41, 5.74) is 1.84. The normalized spacial score (nSPS) is 12.0. The highest BCUT2D eigenvalue weighted by atomic mass is 35.5. The first kappa shape index (κ1) is 15.7. The number of carbonyl (C=O) groups is 1. The lowest BCUT2D eigenvalue weighted by atomic mass is 10.1. The van der Waals surface area contributed by atoms with Crippen LogP contribution in [0.1, 0.15) is 11.1 Å². The minimum atomic E-state index is -1.03. The molecule has 110 valence electrons. The number of hydrogen-bond acceptors (Lipinski definition) is 2. The van der Waals surface area contributed by atoms with E-state index in [-0.39, 0.29) is 6.42 Å². The van der Waals surface area contributed by atoms with E-state index < -0.39 is 12.1 Å². The van der Waals surface area contributed by atoms with Crippen molar-refractivity contribution in [2.75, 3.05) is 0 Å². The van der Waals surface area contributed by atoms with Crippen LogP contribution in [-0.4, -0.2) is 17.2 Å². The summed E-state index contributed by atoms with van der Waals surface area (Å²) in [5.74, 6) is -0.505. The molecule has 2 aromatic rings. The molecule has 0 spiro atoms. The van der Waals surface area contributed by atoms with Crippen molar-refractivity contribution < 1.29 is 14.6 Å². The zero-order valence-corrected chi connectivity index (χ0v) is 12.9. The predicted octanol–water partition coefficient (Wildman–Crippen LogP) is 4.38. The molecule has 0 unspecified atom stereocenters. The molecule has 0 fully saturated rings. The minimum absolute atomic E-state index is 0.208. The zero-order chi connectivity index (χ0) is 15.4. The molecule has 1 N–H and O–H groups in total. The summed E-state index contributed by atoms with van der Waals surface area (Å²) in [7, 11) is 0. The van der Waals surface area contributed by atoms with Crippen LogP contribution in [0.5, 0.6) is 5.75 Å². The number of aryl methyl sites for hydroxylation is 1. The number of carboxylic acids is 1. The Bertz CT molecular complexity index is 638. The lowest BCUT2D eigenvalue weighted by molar-refractivity contribution is -0.145. The number of carboxylic acid groups (broad SMARTS) is 1. The first-order chi connectivity index (χ1) is 9.95. The van der Waals surface area contributed by atoms with Gasteiger partial charge in [-0.3, -0.25) is 0 Å². The van der Waals surface area contributed by atoms with Gasteiger partial charge in [-0.1, -0.05) is 47.0 Å². The van der Waals surface area contributed by atoms with Gasteiger partial charge in [0.2, 0.25) is 0 Å². The minimum Gasteiger partial charge on any atom is -0.478 e. The van der Waals surface area contributed by atoms with Gasteiger partial charge in [-0.25, -0.2) is 4.79 Å². The second kappa shape index (κ2) is 6.83. The largest absolute Gasteiger partial charge is 0.478 e. The fourth-order valence-corrected chi connectivity index (χ4v) is 2.16. The van der Waals surface area contributed by atoms with E-state index in [0.717, 1.165) is 11.1 Å². The van der Waals surface area contributed by atoms with E-state index in [1.54, 1.807) is 30.3 Å². The Morgan fingerprint density at radius 2 is 1.81 bits per heavy atom.